The lowest BCUT2D eigenvalue weighted by Crippen LogP contribution is -2.29. The minimum atomic E-state index is -3.66. The predicted molar refractivity (Wildman–Crippen MR) is 114 cm³/mol. The largest absolute Gasteiger partial charge is 0.491 e. The minimum Gasteiger partial charge on any atom is -0.491 e. The number of nitrogens with one attached hydrogen (secondary N) is 1. The number of carbonyl (C=O) groups is 2. The highest BCUT2D eigenvalue weighted by Crippen LogP contribution is 2.24. The number of aryl methyl sites for hydroxylation is 1. The van der Waals surface area contributed by atoms with Gasteiger partial charge in [-0.2, -0.15) is 0 Å². The summed E-state index contributed by atoms with van der Waals surface area (Å²) in [4.78, 5) is 24.8. The van der Waals surface area contributed by atoms with E-state index in [2.05, 4.69) is 4.72 Å². The van der Waals surface area contributed by atoms with E-state index in [0.717, 1.165) is 22.6 Å². The van der Waals surface area contributed by atoms with Crippen molar-refractivity contribution in [1.29, 1.82) is 0 Å². The maximum Gasteiger partial charge on any atom is 0.240 e. The van der Waals surface area contributed by atoms with Crippen molar-refractivity contribution in [2.75, 3.05) is 11.4 Å². The Hall–Kier alpha value is -2.71. The number of carbonyl (C=O) groups excluding carboxylic acids is 2. The normalized spacial score (nSPS) is 14.6. The summed E-state index contributed by atoms with van der Waals surface area (Å²) in [6.07, 6.45) is 1.89. The first kappa shape index (κ1) is 22.0. The molecule has 7 nitrogen and oxygen atoms in total. The van der Waals surface area contributed by atoms with Gasteiger partial charge in [-0.05, 0) is 68.7 Å². The SMILES string of the molecule is CC(C)Oc1ccc(CCCNS(=O)(=O)c2ccc(N3C(=O)CCC3=O)cc2)cc1. The van der Waals surface area contributed by atoms with Crippen LogP contribution in [0, 0.1) is 0 Å². The highest BCUT2D eigenvalue weighted by Gasteiger charge is 2.30. The van der Waals surface area contributed by atoms with Crippen molar-refractivity contribution in [3.8, 4) is 5.75 Å². The highest BCUT2D eigenvalue weighted by atomic mass is 32.2. The van der Waals surface area contributed by atoms with Crippen LogP contribution in [0.5, 0.6) is 5.75 Å². The van der Waals surface area contributed by atoms with Crippen LogP contribution in [-0.4, -0.2) is 32.9 Å². The number of sulfonamides is 1. The third-order valence-corrected chi connectivity index (χ3v) is 6.16. The Balaban J connectivity index is 1.51. The zero-order valence-electron chi connectivity index (χ0n) is 17.1. The van der Waals surface area contributed by atoms with Crippen LogP contribution in [0.1, 0.15) is 38.7 Å². The van der Waals surface area contributed by atoms with Gasteiger partial charge in [-0.15, -0.1) is 0 Å². The maximum atomic E-state index is 12.5. The van der Waals surface area contributed by atoms with Gasteiger partial charge in [-0.25, -0.2) is 13.1 Å². The fraction of sp³-hybridized carbons (Fsp3) is 0.364. The summed E-state index contributed by atoms with van der Waals surface area (Å²) in [6.45, 7) is 4.25. The summed E-state index contributed by atoms with van der Waals surface area (Å²) >= 11 is 0. The topological polar surface area (TPSA) is 92.8 Å². The molecule has 2 aromatic carbocycles. The molecule has 0 unspecified atom stereocenters. The molecular weight excluding hydrogens is 404 g/mol. The van der Waals surface area contributed by atoms with Crippen molar-refractivity contribution in [1.82, 2.24) is 4.72 Å². The number of rotatable bonds is 9. The molecule has 0 radical (unpaired) electrons. The molecule has 2 aromatic rings. The summed E-state index contributed by atoms with van der Waals surface area (Å²) in [7, 11) is -3.66. The molecule has 0 atom stereocenters. The lowest BCUT2D eigenvalue weighted by molar-refractivity contribution is -0.121. The Morgan fingerprint density at radius 2 is 1.57 bits per heavy atom. The van der Waals surface area contributed by atoms with Gasteiger partial charge in [-0.1, -0.05) is 12.1 Å². The van der Waals surface area contributed by atoms with Crippen LogP contribution >= 0.6 is 0 Å². The van der Waals surface area contributed by atoms with Crippen LogP contribution in [0.15, 0.2) is 53.4 Å². The summed E-state index contributed by atoms with van der Waals surface area (Å²) in [5.41, 5.74) is 1.50. The van der Waals surface area contributed by atoms with Gasteiger partial charge in [0.25, 0.3) is 0 Å². The number of anilines is 1. The van der Waals surface area contributed by atoms with E-state index in [4.69, 9.17) is 4.74 Å². The van der Waals surface area contributed by atoms with E-state index in [0.29, 0.717) is 18.7 Å². The number of ether oxygens (including phenoxy) is 1. The van der Waals surface area contributed by atoms with Gasteiger partial charge < -0.3 is 4.74 Å². The Kier molecular flexibility index (Phi) is 6.89. The van der Waals surface area contributed by atoms with Crippen molar-refractivity contribution in [3.63, 3.8) is 0 Å². The molecule has 8 heteroatoms. The quantitative estimate of drug-likeness (QED) is 0.488. The molecule has 1 heterocycles. The average Bonchev–Trinajstić information content (AvgIpc) is 3.04. The van der Waals surface area contributed by atoms with Crippen molar-refractivity contribution < 1.29 is 22.7 Å². The Morgan fingerprint density at radius 3 is 2.13 bits per heavy atom. The zero-order valence-corrected chi connectivity index (χ0v) is 17.9. The Bertz CT molecular complexity index is 983. The summed E-state index contributed by atoms with van der Waals surface area (Å²) < 4.78 is 33.2. The number of hydrogen-bond acceptors (Lipinski definition) is 5. The van der Waals surface area contributed by atoms with E-state index < -0.39 is 10.0 Å². The van der Waals surface area contributed by atoms with Gasteiger partial charge in [0.05, 0.1) is 16.7 Å². The summed E-state index contributed by atoms with van der Waals surface area (Å²) in [5, 5.41) is 0. The first-order valence-electron chi connectivity index (χ1n) is 9.97. The van der Waals surface area contributed by atoms with Gasteiger partial charge in [0, 0.05) is 19.4 Å². The molecule has 160 valence electrons. The zero-order chi connectivity index (χ0) is 21.7. The van der Waals surface area contributed by atoms with E-state index in [-0.39, 0.29) is 35.7 Å². The average molecular weight is 431 g/mol. The third-order valence-electron chi connectivity index (χ3n) is 4.69. The number of nitrogens with zero attached hydrogens (tertiary/aromatic N) is 1. The number of hydrogen-bond donors (Lipinski definition) is 1. The first-order chi connectivity index (χ1) is 14.3. The van der Waals surface area contributed by atoms with Crippen LogP contribution < -0.4 is 14.4 Å². The molecule has 0 bridgehead atoms. The Labute approximate surface area is 177 Å². The van der Waals surface area contributed by atoms with E-state index in [9.17, 15) is 18.0 Å². The summed E-state index contributed by atoms with van der Waals surface area (Å²) in [5.74, 6) is 0.283. The molecule has 2 amide bonds. The third kappa shape index (κ3) is 5.46. The second kappa shape index (κ2) is 9.40. The molecule has 30 heavy (non-hydrogen) atoms. The lowest BCUT2D eigenvalue weighted by atomic mass is 10.1. The highest BCUT2D eigenvalue weighted by molar-refractivity contribution is 7.89. The fourth-order valence-corrected chi connectivity index (χ4v) is 4.30. The van der Waals surface area contributed by atoms with Gasteiger partial charge in [0.1, 0.15) is 5.75 Å². The van der Waals surface area contributed by atoms with Crippen molar-refractivity contribution in [2.24, 2.45) is 0 Å². The lowest BCUT2D eigenvalue weighted by Gasteiger charge is -2.14. The minimum absolute atomic E-state index is 0.0977. The second-order valence-electron chi connectivity index (χ2n) is 7.43. The fourth-order valence-electron chi connectivity index (χ4n) is 3.23. The van der Waals surface area contributed by atoms with Crippen molar-refractivity contribution >= 4 is 27.5 Å². The van der Waals surface area contributed by atoms with Crippen molar-refractivity contribution in [2.45, 2.75) is 50.5 Å². The van der Waals surface area contributed by atoms with Gasteiger partial charge in [0.15, 0.2) is 0 Å². The summed E-state index contributed by atoms with van der Waals surface area (Å²) in [6, 6.07) is 13.6. The molecule has 0 spiro atoms. The van der Waals surface area contributed by atoms with Crippen molar-refractivity contribution in [3.05, 3.63) is 54.1 Å². The molecule has 1 N–H and O–H groups in total. The molecule has 0 aromatic heterocycles. The van der Waals surface area contributed by atoms with E-state index in [1.54, 1.807) is 0 Å². The first-order valence-corrected chi connectivity index (χ1v) is 11.5. The molecule has 0 saturated carbocycles. The molecule has 0 aliphatic carbocycles. The molecule has 1 aliphatic rings. The van der Waals surface area contributed by atoms with Gasteiger partial charge >= 0.3 is 0 Å². The molecular formula is C22H26N2O5S. The second-order valence-corrected chi connectivity index (χ2v) is 9.20. The predicted octanol–water partition coefficient (Wildman–Crippen LogP) is 3.04. The number of benzene rings is 2. The number of imide groups is 1. The smallest absolute Gasteiger partial charge is 0.240 e. The van der Waals surface area contributed by atoms with Gasteiger partial charge in [0.2, 0.25) is 21.8 Å². The van der Waals surface area contributed by atoms with Crippen LogP contribution in [-0.2, 0) is 26.0 Å². The van der Waals surface area contributed by atoms with Crippen LogP contribution in [0.25, 0.3) is 0 Å². The molecule has 1 aliphatic heterocycles. The molecule has 1 saturated heterocycles. The Morgan fingerprint density at radius 1 is 0.967 bits per heavy atom. The van der Waals surface area contributed by atoms with Crippen LogP contribution in [0.3, 0.4) is 0 Å². The van der Waals surface area contributed by atoms with Crippen LogP contribution in [0.2, 0.25) is 0 Å². The monoisotopic (exact) mass is 430 g/mol. The maximum absolute atomic E-state index is 12.5. The molecule has 1 fully saturated rings. The van der Waals surface area contributed by atoms with E-state index in [1.807, 2.05) is 38.1 Å². The molecule has 3 rings (SSSR count). The van der Waals surface area contributed by atoms with E-state index >= 15 is 0 Å². The van der Waals surface area contributed by atoms with E-state index in [1.165, 1.54) is 24.3 Å². The van der Waals surface area contributed by atoms with Gasteiger partial charge in [-0.3, -0.25) is 14.5 Å². The van der Waals surface area contributed by atoms with Crippen LogP contribution in [0.4, 0.5) is 5.69 Å². The number of amides is 2. The standard InChI is InChI=1S/C22H26N2O5S/c1-16(2)29-19-9-5-17(6-10-19)4-3-15-23-30(27,28)20-11-7-18(8-12-20)24-21(25)13-14-22(24)26/h5-12,16,23H,3-4,13-15H2,1-2H3.